The first-order chi connectivity index (χ1) is 12.0. The number of benzene rings is 1. The summed E-state index contributed by atoms with van der Waals surface area (Å²) < 4.78 is 0.887. The van der Waals surface area contributed by atoms with Crippen molar-refractivity contribution in [3.8, 4) is 18.2 Å². The van der Waals surface area contributed by atoms with Gasteiger partial charge in [0.25, 0.3) is 0 Å². The van der Waals surface area contributed by atoms with Gasteiger partial charge in [-0.25, -0.2) is 0 Å². The van der Waals surface area contributed by atoms with Crippen LogP contribution in [0.5, 0.6) is 0 Å². The third-order valence-corrected chi connectivity index (χ3v) is 5.81. The minimum atomic E-state index is -1.54. The van der Waals surface area contributed by atoms with Gasteiger partial charge in [0, 0.05) is 10.4 Å². The molecule has 124 valence electrons. The van der Waals surface area contributed by atoms with Crippen LogP contribution >= 0.6 is 15.9 Å². The predicted molar refractivity (Wildman–Crippen MR) is 97.3 cm³/mol. The highest BCUT2D eigenvalue weighted by Gasteiger charge is 2.54. The second-order valence-corrected chi connectivity index (χ2v) is 7.72. The summed E-state index contributed by atoms with van der Waals surface area (Å²) in [4.78, 5) is 0. The first-order valence-electron chi connectivity index (χ1n) is 8.17. The van der Waals surface area contributed by atoms with Crippen LogP contribution in [0.4, 0.5) is 0 Å². The SMILES string of the molecule is C[C@@H]1CC=C2C(C#N)=C(N)C(C#N)(C#N)[C@@H](c3cccc(Br)c3)[C@H]2C1. The molecule has 0 heterocycles. The maximum atomic E-state index is 9.96. The fourth-order valence-corrected chi connectivity index (χ4v) is 4.57. The van der Waals surface area contributed by atoms with E-state index in [-0.39, 0.29) is 11.6 Å². The largest absolute Gasteiger partial charge is 0.399 e. The highest BCUT2D eigenvalue weighted by molar-refractivity contribution is 9.10. The Morgan fingerprint density at radius 1 is 1.24 bits per heavy atom. The van der Waals surface area contributed by atoms with Gasteiger partial charge in [-0.1, -0.05) is 41.1 Å². The van der Waals surface area contributed by atoms with Crippen molar-refractivity contribution in [1.29, 1.82) is 15.8 Å². The molecule has 0 fully saturated rings. The van der Waals surface area contributed by atoms with Gasteiger partial charge in [-0.15, -0.1) is 0 Å². The highest BCUT2D eigenvalue weighted by atomic mass is 79.9. The minimum Gasteiger partial charge on any atom is -0.399 e. The summed E-state index contributed by atoms with van der Waals surface area (Å²) in [7, 11) is 0. The van der Waals surface area contributed by atoms with Crippen molar-refractivity contribution in [3.63, 3.8) is 0 Å². The molecule has 0 radical (unpaired) electrons. The molecule has 2 aliphatic rings. The molecule has 2 aliphatic carbocycles. The molecule has 2 N–H and O–H groups in total. The number of allylic oxidation sites excluding steroid dienone is 4. The van der Waals surface area contributed by atoms with Gasteiger partial charge >= 0.3 is 0 Å². The zero-order valence-corrected chi connectivity index (χ0v) is 15.4. The van der Waals surface area contributed by atoms with E-state index in [9.17, 15) is 15.8 Å². The molecule has 0 unspecified atom stereocenters. The Balaban J connectivity index is 2.34. The fourth-order valence-electron chi connectivity index (χ4n) is 4.15. The Kier molecular flexibility index (Phi) is 4.42. The molecule has 0 spiro atoms. The molecule has 0 aromatic heterocycles. The molecule has 3 rings (SSSR count). The number of nitriles is 3. The van der Waals surface area contributed by atoms with E-state index < -0.39 is 11.3 Å². The third kappa shape index (κ3) is 2.55. The lowest BCUT2D eigenvalue weighted by atomic mass is 9.56. The Hall–Kier alpha value is -2.55. The van der Waals surface area contributed by atoms with E-state index in [1.165, 1.54) is 0 Å². The summed E-state index contributed by atoms with van der Waals surface area (Å²) >= 11 is 3.47. The van der Waals surface area contributed by atoms with Crippen LogP contribution in [0.2, 0.25) is 0 Å². The smallest absolute Gasteiger partial charge is 0.191 e. The molecule has 1 aromatic carbocycles. The zero-order valence-electron chi connectivity index (χ0n) is 13.8. The van der Waals surface area contributed by atoms with Crippen molar-refractivity contribution < 1.29 is 0 Å². The predicted octanol–water partition coefficient (Wildman–Crippen LogP) is 4.29. The van der Waals surface area contributed by atoms with Crippen LogP contribution in [0.3, 0.4) is 0 Å². The summed E-state index contributed by atoms with van der Waals surface area (Å²) in [6.07, 6.45) is 3.77. The maximum absolute atomic E-state index is 9.96. The molecule has 0 bridgehead atoms. The summed E-state index contributed by atoms with van der Waals surface area (Å²) in [6.45, 7) is 2.15. The van der Waals surface area contributed by atoms with Crippen LogP contribution in [0.25, 0.3) is 0 Å². The number of hydrogen-bond donors (Lipinski definition) is 1. The van der Waals surface area contributed by atoms with Gasteiger partial charge < -0.3 is 5.73 Å². The summed E-state index contributed by atoms with van der Waals surface area (Å²) in [5, 5.41) is 29.5. The number of nitrogens with zero attached hydrogens (tertiary/aromatic N) is 3. The molecule has 0 aliphatic heterocycles. The van der Waals surface area contributed by atoms with Crippen molar-refractivity contribution in [3.05, 3.63) is 57.2 Å². The number of nitrogens with two attached hydrogens (primary N) is 1. The number of rotatable bonds is 1. The molecule has 1 aromatic rings. The lowest BCUT2D eigenvalue weighted by molar-refractivity contribution is 0.284. The van der Waals surface area contributed by atoms with Crippen molar-refractivity contribution in [1.82, 2.24) is 0 Å². The van der Waals surface area contributed by atoms with Crippen LogP contribution in [0.1, 0.15) is 31.2 Å². The van der Waals surface area contributed by atoms with E-state index in [2.05, 4.69) is 47.1 Å². The molecular formula is C20H17BrN4. The second-order valence-electron chi connectivity index (χ2n) is 6.81. The van der Waals surface area contributed by atoms with E-state index in [0.29, 0.717) is 11.5 Å². The van der Waals surface area contributed by atoms with Gasteiger partial charge in [0.05, 0.1) is 23.4 Å². The average molecular weight is 393 g/mol. The van der Waals surface area contributed by atoms with Crippen LogP contribution in [-0.2, 0) is 0 Å². The van der Waals surface area contributed by atoms with Gasteiger partial charge in [0.2, 0.25) is 0 Å². The van der Waals surface area contributed by atoms with Crippen molar-refractivity contribution in [2.24, 2.45) is 23.0 Å². The van der Waals surface area contributed by atoms with E-state index in [1.54, 1.807) is 0 Å². The quantitative estimate of drug-likeness (QED) is 0.770. The highest BCUT2D eigenvalue weighted by Crippen LogP contribution is 2.56. The van der Waals surface area contributed by atoms with Gasteiger partial charge in [-0.05, 0) is 47.9 Å². The summed E-state index contributed by atoms with van der Waals surface area (Å²) in [5.74, 6) is -0.0387. The summed E-state index contributed by atoms with van der Waals surface area (Å²) in [6, 6.07) is 14.1. The van der Waals surface area contributed by atoms with E-state index >= 15 is 0 Å². The molecule has 0 saturated heterocycles. The number of hydrogen-bond acceptors (Lipinski definition) is 4. The lowest BCUT2D eigenvalue weighted by Crippen LogP contribution is -2.43. The van der Waals surface area contributed by atoms with E-state index in [1.807, 2.05) is 24.3 Å². The number of halogens is 1. The van der Waals surface area contributed by atoms with Gasteiger partial charge in [-0.2, -0.15) is 15.8 Å². The van der Waals surface area contributed by atoms with Crippen molar-refractivity contribution in [2.75, 3.05) is 0 Å². The first-order valence-corrected chi connectivity index (χ1v) is 8.96. The topological polar surface area (TPSA) is 97.4 Å². The van der Waals surface area contributed by atoms with Gasteiger partial charge in [-0.3, -0.25) is 0 Å². The fraction of sp³-hybridized carbons (Fsp3) is 0.350. The lowest BCUT2D eigenvalue weighted by Gasteiger charge is -2.44. The number of fused-ring (bicyclic) bond motifs is 1. The Labute approximate surface area is 156 Å². The molecule has 5 heteroatoms. The monoisotopic (exact) mass is 392 g/mol. The van der Waals surface area contributed by atoms with Crippen LogP contribution in [0.15, 0.2) is 51.7 Å². The van der Waals surface area contributed by atoms with Crippen LogP contribution < -0.4 is 5.73 Å². The second kappa shape index (κ2) is 6.40. The van der Waals surface area contributed by atoms with Crippen molar-refractivity contribution >= 4 is 15.9 Å². The van der Waals surface area contributed by atoms with Crippen LogP contribution in [0, 0.1) is 51.2 Å². The van der Waals surface area contributed by atoms with E-state index in [4.69, 9.17) is 5.73 Å². The standard InChI is InChI=1S/C20H17BrN4/c1-12-5-6-15-16(7-12)18(13-3-2-4-14(21)8-13)20(10-23,11-24)19(25)17(15)9-22/h2-4,6,8,12,16,18H,5,7,25H2,1H3/t12-,16+,18+/m1/s1. The normalized spacial score (nSPS) is 27.3. The van der Waals surface area contributed by atoms with Gasteiger partial charge in [0.1, 0.15) is 6.07 Å². The Bertz CT molecular complexity index is 893. The third-order valence-electron chi connectivity index (χ3n) is 5.32. The minimum absolute atomic E-state index is 0.0701. The maximum Gasteiger partial charge on any atom is 0.191 e. The van der Waals surface area contributed by atoms with E-state index in [0.717, 1.165) is 28.5 Å². The summed E-state index contributed by atoms with van der Waals surface area (Å²) in [5.41, 5.74) is 6.90. The van der Waals surface area contributed by atoms with Crippen LogP contribution in [-0.4, -0.2) is 0 Å². The van der Waals surface area contributed by atoms with Gasteiger partial charge in [0.15, 0.2) is 5.41 Å². The molecule has 0 saturated carbocycles. The molecule has 4 nitrogen and oxygen atoms in total. The molecule has 3 atom stereocenters. The Morgan fingerprint density at radius 3 is 2.56 bits per heavy atom. The average Bonchev–Trinajstić information content (AvgIpc) is 2.61. The zero-order chi connectivity index (χ0) is 18.2. The first kappa shape index (κ1) is 17.3. The molecule has 0 amide bonds. The molecular weight excluding hydrogens is 376 g/mol. The molecule has 25 heavy (non-hydrogen) atoms. The Morgan fingerprint density at radius 2 is 1.96 bits per heavy atom. The van der Waals surface area contributed by atoms with Crippen molar-refractivity contribution in [2.45, 2.75) is 25.7 Å².